The average molecular weight is 273 g/mol. The van der Waals surface area contributed by atoms with E-state index in [0.29, 0.717) is 22.3 Å². The number of carbonyl (C=O) groups is 1. The van der Waals surface area contributed by atoms with Gasteiger partial charge in [-0.1, -0.05) is 17.2 Å². The predicted molar refractivity (Wildman–Crippen MR) is 68.8 cm³/mol. The van der Waals surface area contributed by atoms with Crippen molar-refractivity contribution in [1.82, 2.24) is 9.97 Å². The third kappa shape index (κ3) is 3.71. The van der Waals surface area contributed by atoms with Gasteiger partial charge in [-0.3, -0.25) is 0 Å². The lowest BCUT2D eigenvalue weighted by Crippen LogP contribution is -2.08. The molecule has 4 nitrogen and oxygen atoms in total. The molecule has 0 radical (unpaired) electrons. The summed E-state index contributed by atoms with van der Waals surface area (Å²) < 4.78 is 0. The van der Waals surface area contributed by atoms with Gasteiger partial charge in [-0.25, -0.2) is 14.8 Å². The van der Waals surface area contributed by atoms with Crippen molar-refractivity contribution in [3.63, 3.8) is 0 Å². The second-order valence-electron chi connectivity index (χ2n) is 3.59. The molecule has 0 unspecified atom stereocenters. The first-order chi connectivity index (χ1) is 7.95. The maximum absolute atomic E-state index is 11.1. The summed E-state index contributed by atoms with van der Waals surface area (Å²) in [6, 6.07) is 0. The fourth-order valence-electron chi connectivity index (χ4n) is 1.25. The van der Waals surface area contributed by atoms with Crippen LogP contribution in [0, 0.1) is 13.8 Å². The number of nitrogens with zero attached hydrogens (tertiary/aromatic N) is 2. The summed E-state index contributed by atoms with van der Waals surface area (Å²) >= 11 is 6.91. The summed E-state index contributed by atoms with van der Waals surface area (Å²) in [5, 5.41) is 9.61. The molecule has 1 aromatic rings. The minimum absolute atomic E-state index is 0.169. The number of aryl methyl sites for hydroxylation is 2. The standard InChI is InChI=1S/C11H13ClN2O2S/c1-6(4-12)5-17-10-9(11(15)16)7(2)13-8(3)14-10/h4H,5H2,1-3H3,(H,15,16). The minimum atomic E-state index is -1.00. The van der Waals surface area contributed by atoms with E-state index in [2.05, 4.69) is 9.97 Å². The number of halogens is 1. The molecule has 0 bridgehead atoms. The van der Waals surface area contributed by atoms with Crippen LogP contribution in [0.1, 0.15) is 28.8 Å². The van der Waals surface area contributed by atoms with Crippen LogP contribution < -0.4 is 0 Å². The highest BCUT2D eigenvalue weighted by Gasteiger charge is 2.17. The average Bonchev–Trinajstić information content (AvgIpc) is 2.24. The number of aromatic carboxylic acids is 1. The monoisotopic (exact) mass is 272 g/mol. The lowest BCUT2D eigenvalue weighted by atomic mass is 10.2. The number of hydrogen-bond donors (Lipinski definition) is 1. The first-order valence-electron chi connectivity index (χ1n) is 4.93. The molecule has 6 heteroatoms. The van der Waals surface area contributed by atoms with Crippen molar-refractivity contribution >= 4 is 29.3 Å². The fraction of sp³-hybridized carbons (Fsp3) is 0.364. The number of hydrogen-bond acceptors (Lipinski definition) is 4. The molecule has 0 aromatic carbocycles. The summed E-state index contributed by atoms with van der Waals surface area (Å²) in [6.07, 6.45) is 0. The van der Waals surface area contributed by atoms with E-state index >= 15 is 0 Å². The van der Waals surface area contributed by atoms with Gasteiger partial charge in [0.1, 0.15) is 16.4 Å². The Hall–Kier alpha value is -1.07. The van der Waals surface area contributed by atoms with Gasteiger partial charge in [0.2, 0.25) is 0 Å². The molecule has 0 amide bonds. The Bertz CT molecular complexity index is 475. The summed E-state index contributed by atoms with van der Waals surface area (Å²) in [7, 11) is 0. The maximum Gasteiger partial charge on any atom is 0.340 e. The lowest BCUT2D eigenvalue weighted by Gasteiger charge is -2.08. The second kappa shape index (κ2) is 6.02. The SMILES string of the molecule is CC(=CCl)CSc1nc(C)nc(C)c1C(=O)O. The summed E-state index contributed by atoms with van der Waals surface area (Å²) in [5.74, 6) is 0.180. The third-order valence-corrected chi connectivity index (χ3v) is 3.55. The molecule has 0 saturated heterocycles. The van der Waals surface area contributed by atoms with Gasteiger partial charge in [-0.05, 0) is 20.8 Å². The predicted octanol–water partition coefficient (Wildman–Crippen LogP) is 3.03. The largest absolute Gasteiger partial charge is 0.478 e. The maximum atomic E-state index is 11.1. The van der Waals surface area contributed by atoms with Gasteiger partial charge in [0.25, 0.3) is 0 Å². The zero-order chi connectivity index (χ0) is 13.0. The van der Waals surface area contributed by atoms with E-state index in [4.69, 9.17) is 16.7 Å². The quantitative estimate of drug-likeness (QED) is 0.674. The van der Waals surface area contributed by atoms with Gasteiger partial charge >= 0.3 is 5.97 Å². The first-order valence-corrected chi connectivity index (χ1v) is 6.35. The van der Waals surface area contributed by atoms with Crippen LogP contribution in [0.25, 0.3) is 0 Å². The number of rotatable bonds is 4. The van der Waals surface area contributed by atoms with Crippen molar-refractivity contribution in [3.05, 3.63) is 28.2 Å². The van der Waals surface area contributed by atoms with Crippen molar-refractivity contribution in [2.75, 3.05) is 5.75 Å². The van der Waals surface area contributed by atoms with Crippen molar-refractivity contribution < 1.29 is 9.90 Å². The summed E-state index contributed by atoms with van der Waals surface area (Å²) in [6.45, 7) is 5.29. The molecule has 0 aliphatic carbocycles. The Kier molecular flexibility index (Phi) is 4.96. The molecule has 17 heavy (non-hydrogen) atoms. The van der Waals surface area contributed by atoms with Gasteiger partial charge in [-0.15, -0.1) is 11.8 Å². The van der Waals surface area contributed by atoms with Crippen LogP contribution >= 0.6 is 23.4 Å². The summed E-state index contributed by atoms with van der Waals surface area (Å²) in [4.78, 5) is 19.4. The molecule has 1 heterocycles. The Morgan fingerprint density at radius 2 is 2.12 bits per heavy atom. The highest BCUT2D eigenvalue weighted by atomic mass is 35.5. The molecule has 0 atom stereocenters. The van der Waals surface area contributed by atoms with Crippen LogP contribution in [0.15, 0.2) is 16.1 Å². The molecule has 0 fully saturated rings. The number of aromatic nitrogens is 2. The van der Waals surface area contributed by atoms with Gasteiger partial charge in [-0.2, -0.15) is 0 Å². The van der Waals surface area contributed by atoms with E-state index < -0.39 is 5.97 Å². The van der Waals surface area contributed by atoms with E-state index in [-0.39, 0.29) is 5.56 Å². The van der Waals surface area contributed by atoms with Crippen LogP contribution in [-0.2, 0) is 0 Å². The lowest BCUT2D eigenvalue weighted by molar-refractivity contribution is 0.0690. The molecule has 0 saturated carbocycles. The van der Waals surface area contributed by atoms with Crippen LogP contribution in [0.5, 0.6) is 0 Å². The second-order valence-corrected chi connectivity index (χ2v) is 4.77. The zero-order valence-corrected chi connectivity index (χ0v) is 11.4. The number of carboxylic acid groups (broad SMARTS) is 1. The smallest absolute Gasteiger partial charge is 0.340 e. The van der Waals surface area contributed by atoms with Gasteiger partial charge < -0.3 is 5.11 Å². The molecule has 0 aliphatic rings. The van der Waals surface area contributed by atoms with Crippen molar-refractivity contribution in [3.8, 4) is 0 Å². The molecule has 1 rings (SSSR count). The molecule has 0 spiro atoms. The highest BCUT2D eigenvalue weighted by molar-refractivity contribution is 7.99. The zero-order valence-electron chi connectivity index (χ0n) is 9.82. The van der Waals surface area contributed by atoms with Crippen molar-refractivity contribution in [1.29, 1.82) is 0 Å². The van der Waals surface area contributed by atoms with Gasteiger partial charge in [0.05, 0.1) is 5.69 Å². The molecule has 1 aromatic heterocycles. The van der Waals surface area contributed by atoms with E-state index in [1.807, 2.05) is 6.92 Å². The minimum Gasteiger partial charge on any atom is -0.478 e. The van der Waals surface area contributed by atoms with Gasteiger partial charge in [0, 0.05) is 11.3 Å². The molecule has 92 valence electrons. The van der Waals surface area contributed by atoms with E-state index in [0.717, 1.165) is 5.57 Å². The Morgan fingerprint density at radius 3 is 2.65 bits per heavy atom. The third-order valence-electron chi connectivity index (χ3n) is 2.01. The van der Waals surface area contributed by atoms with Crippen molar-refractivity contribution in [2.45, 2.75) is 25.8 Å². The molecular weight excluding hydrogens is 260 g/mol. The molecule has 1 N–H and O–H groups in total. The van der Waals surface area contributed by atoms with E-state index in [1.165, 1.54) is 17.3 Å². The van der Waals surface area contributed by atoms with Crippen molar-refractivity contribution in [2.24, 2.45) is 0 Å². The van der Waals surface area contributed by atoms with Crippen LogP contribution in [-0.4, -0.2) is 26.8 Å². The Balaban J connectivity index is 3.08. The highest BCUT2D eigenvalue weighted by Crippen LogP contribution is 2.24. The number of carboxylic acids is 1. The first kappa shape index (κ1) is 14.0. The normalized spacial score (nSPS) is 11.6. The Morgan fingerprint density at radius 1 is 1.47 bits per heavy atom. The van der Waals surface area contributed by atoms with Crippen LogP contribution in [0.4, 0.5) is 0 Å². The van der Waals surface area contributed by atoms with E-state index in [1.54, 1.807) is 13.8 Å². The van der Waals surface area contributed by atoms with Crippen LogP contribution in [0.2, 0.25) is 0 Å². The van der Waals surface area contributed by atoms with E-state index in [9.17, 15) is 4.79 Å². The number of thioether (sulfide) groups is 1. The van der Waals surface area contributed by atoms with Crippen LogP contribution in [0.3, 0.4) is 0 Å². The summed E-state index contributed by atoms with van der Waals surface area (Å²) in [5.41, 5.74) is 3.10. The molecule has 0 aliphatic heterocycles. The fourth-order valence-corrected chi connectivity index (χ4v) is 2.44. The molecular formula is C11H13ClN2O2S. The Labute approximate surface area is 109 Å². The topological polar surface area (TPSA) is 63.1 Å². The van der Waals surface area contributed by atoms with Gasteiger partial charge in [0.15, 0.2) is 0 Å².